The maximum Gasteiger partial charge on any atom is 0.0781 e. The molecule has 0 spiro atoms. The molecule has 0 aliphatic carbocycles. The van der Waals surface area contributed by atoms with Crippen LogP contribution in [0, 0.1) is 5.21 Å². The average molecular weight is 314 g/mol. The maximum absolute atomic E-state index is 12.3. The quantitative estimate of drug-likeness (QED) is 0.164. The fourth-order valence-electron chi connectivity index (χ4n) is 3.10. The molecule has 0 amide bonds. The van der Waals surface area contributed by atoms with E-state index in [-0.39, 0.29) is 4.65 Å². The van der Waals surface area contributed by atoms with Gasteiger partial charge >= 0.3 is 0 Å². The van der Waals surface area contributed by atoms with Crippen molar-refractivity contribution in [2.45, 2.75) is 110 Å². The minimum atomic E-state index is -0.0108. The van der Waals surface area contributed by atoms with Crippen molar-refractivity contribution in [3.05, 3.63) is 5.21 Å². The second-order valence-corrected chi connectivity index (χ2v) is 7.34. The highest BCUT2D eigenvalue weighted by atomic mass is 16.5. The third-order valence-electron chi connectivity index (χ3n) is 4.72. The van der Waals surface area contributed by atoms with Crippen LogP contribution >= 0.6 is 0 Å². The highest BCUT2D eigenvalue weighted by Crippen LogP contribution is 2.13. The van der Waals surface area contributed by atoms with Gasteiger partial charge in [-0.2, -0.15) is 0 Å². The van der Waals surface area contributed by atoms with Gasteiger partial charge in [-0.15, -0.1) is 0 Å². The highest BCUT2D eigenvalue weighted by Gasteiger charge is 2.08. The first-order valence-corrected chi connectivity index (χ1v) is 10.2. The van der Waals surface area contributed by atoms with Crippen LogP contribution in [0.15, 0.2) is 0 Å². The molecule has 0 heterocycles. The Balaban J connectivity index is 3.30. The lowest BCUT2D eigenvalue weighted by Gasteiger charge is -2.39. The lowest BCUT2D eigenvalue weighted by atomic mass is 10.1. The summed E-state index contributed by atoms with van der Waals surface area (Å²) >= 11 is 0. The molecule has 0 rings (SSSR count). The van der Waals surface area contributed by atoms with E-state index in [2.05, 4.69) is 13.8 Å². The Morgan fingerprint density at radius 2 is 0.773 bits per heavy atom. The number of hydroxylamine groups is 3. The van der Waals surface area contributed by atoms with Gasteiger partial charge in [0.25, 0.3) is 0 Å². The molecule has 0 N–H and O–H groups in total. The third-order valence-corrected chi connectivity index (χ3v) is 4.72. The van der Waals surface area contributed by atoms with E-state index in [0.29, 0.717) is 0 Å². The van der Waals surface area contributed by atoms with Crippen molar-refractivity contribution in [2.24, 2.45) is 0 Å². The van der Waals surface area contributed by atoms with E-state index in [4.69, 9.17) is 0 Å². The van der Waals surface area contributed by atoms with Crippen molar-refractivity contribution in [2.75, 3.05) is 20.1 Å². The van der Waals surface area contributed by atoms with Crippen molar-refractivity contribution >= 4 is 0 Å². The van der Waals surface area contributed by atoms with Crippen molar-refractivity contribution < 1.29 is 4.65 Å². The summed E-state index contributed by atoms with van der Waals surface area (Å²) in [5.41, 5.74) is 0. The first kappa shape index (κ1) is 21.9. The molecule has 22 heavy (non-hydrogen) atoms. The predicted molar refractivity (Wildman–Crippen MR) is 99.9 cm³/mol. The van der Waals surface area contributed by atoms with E-state index in [1.807, 2.05) is 7.05 Å². The van der Waals surface area contributed by atoms with Crippen LogP contribution in [0.2, 0.25) is 0 Å². The number of hydrogen-bond donors (Lipinski definition) is 0. The number of nitrogens with zero attached hydrogens (tertiary/aromatic N) is 1. The third kappa shape index (κ3) is 16.3. The Morgan fingerprint density at radius 1 is 0.500 bits per heavy atom. The molecule has 0 aromatic rings. The number of rotatable bonds is 17. The van der Waals surface area contributed by atoms with Gasteiger partial charge in [0.1, 0.15) is 0 Å². The minimum absolute atomic E-state index is 0.0108. The molecule has 0 aliphatic heterocycles. The average Bonchev–Trinajstić information content (AvgIpc) is 2.49. The van der Waals surface area contributed by atoms with Crippen molar-refractivity contribution in [1.29, 1.82) is 0 Å². The summed E-state index contributed by atoms with van der Waals surface area (Å²) in [6.45, 7) is 6.15. The van der Waals surface area contributed by atoms with Gasteiger partial charge in [-0.05, 0) is 25.7 Å². The van der Waals surface area contributed by atoms with Crippen LogP contribution in [-0.4, -0.2) is 24.8 Å². The Hall–Kier alpha value is -0.0800. The second-order valence-electron chi connectivity index (χ2n) is 7.34. The van der Waals surface area contributed by atoms with Crippen LogP contribution in [-0.2, 0) is 0 Å². The topological polar surface area (TPSA) is 23.1 Å². The van der Waals surface area contributed by atoms with Gasteiger partial charge in [-0.3, -0.25) is 0 Å². The molecular formula is C20H43NO. The summed E-state index contributed by atoms with van der Waals surface area (Å²) in [6.07, 6.45) is 19.7. The Bertz CT molecular complexity index is 216. The van der Waals surface area contributed by atoms with Gasteiger partial charge in [-0.1, -0.05) is 84.5 Å². The molecule has 0 aromatic heterocycles. The van der Waals surface area contributed by atoms with Gasteiger partial charge in [-0.25, -0.2) is 0 Å². The molecule has 1 unspecified atom stereocenters. The van der Waals surface area contributed by atoms with Crippen LogP contribution < -0.4 is 0 Å². The summed E-state index contributed by atoms with van der Waals surface area (Å²) in [5.74, 6) is 0. The molecule has 2 heteroatoms. The van der Waals surface area contributed by atoms with Gasteiger partial charge in [0, 0.05) is 0 Å². The Kier molecular flexibility index (Phi) is 15.7. The van der Waals surface area contributed by atoms with E-state index in [9.17, 15) is 5.21 Å². The van der Waals surface area contributed by atoms with Crippen LogP contribution in [0.3, 0.4) is 0 Å². The first-order chi connectivity index (χ1) is 10.6. The van der Waals surface area contributed by atoms with E-state index in [1.165, 1.54) is 83.5 Å². The molecule has 0 aliphatic rings. The van der Waals surface area contributed by atoms with E-state index < -0.39 is 0 Å². The van der Waals surface area contributed by atoms with Gasteiger partial charge in [0.15, 0.2) is 0 Å². The normalized spacial score (nSPS) is 14.2. The molecular weight excluding hydrogens is 270 g/mol. The van der Waals surface area contributed by atoms with Crippen LogP contribution in [0.25, 0.3) is 0 Å². The predicted octanol–water partition coefficient (Wildman–Crippen LogP) is 6.82. The van der Waals surface area contributed by atoms with Gasteiger partial charge in [0.2, 0.25) is 0 Å². The van der Waals surface area contributed by atoms with Crippen LogP contribution in [0.4, 0.5) is 0 Å². The molecule has 0 saturated heterocycles. The fourth-order valence-corrected chi connectivity index (χ4v) is 3.10. The highest BCUT2D eigenvalue weighted by molar-refractivity contribution is 4.49. The molecule has 134 valence electrons. The molecule has 0 fully saturated rings. The van der Waals surface area contributed by atoms with Crippen molar-refractivity contribution in [1.82, 2.24) is 0 Å². The van der Waals surface area contributed by atoms with E-state index in [1.54, 1.807) is 0 Å². The minimum Gasteiger partial charge on any atom is -0.633 e. The fraction of sp³-hybridized carbons (Fsp3) is 1.00. The zero-order valence-electron chi connectivity index (χ0n) is 15.9. The van der Waals surface area contributed by atoms with E-state index >= 15 is 0 Å². The maximum atomic E-state index is 12.3. The summed E-state index contributed by atoms with van der Waals surface area (Å²) in [4.78, 5) is 0. The second kappa shape index (κ2) is 15.8. The monoisotopic (exact) mass is 313 g/mol. The SMILES string of the molecule is CCCCCCCCCCCC[N+](C)([O-])CCCCCCC. The largest absolute Gasteiger partial charge is 0.633 e. The van der Waals surface area contributed by atoms with Gasteiger partial charge < -0.3 is 9.85 Å². The summed E-state index contributed by atoms with van der Waals surface area (Å²) < 4.78 is -0.0108. The zero-order chi connectivity index (χ0) is 16.5. The summed E-state index contributed by atoms with van der Waals surface area (Å²) in [6, 6.07) is 0. The first-order valence-electron chi connectivity index (χ1n) is 10.2. The van der Waals surface area contributed by atoms with Crippen LogP contribution in [0.5, 0.6) is 0 Å². The molecule has 0 aromatic carbocycles. The summed E-state index contributed by atoms with van der Waals surface area (Å²) in [5, 5.41) is 12.3. The molecule has 0 saturated carbocycles. The molecule has 2 nitrogen and oxygen atoms in total. The lowest BCUT2D eigenvalue weighted by Crippen LogP contribution is -2.39. The number of hydrogen-bond acceptors (Lipinski definition) is 1. The van der Waals surface area contributed by atoms with Crippen molar-refractivity contribution in [3.63, 3.8) is 0 Å². The molecule has 1 atom stereocenters. The number of unbranched alkanes of at least 4 members (excludes halogenated alkanes) is 13. The zero-order valence-corrected chi connectivity index (χ0v) is 15.9. The van der Waals surface area contributed by atoms with Gasteiger partial charge in [0.05, 0.1) is 20.1 Å². The Labute approximate surface area is 140 Å². The summed E-state index contributed by atoms with van der Waals surface area (Å²) in [7, 11) is 1.87. The standard InChI is InChI=1S/C20H43NO/c1-4-6-8-10-11-12-13-14-16-18-20-21(3,22)19-17-15-9-7-5-2/h4-20H2,1-3H3. The number of quaternary nitrogens is 1. The molecule has 0 bridgehead atoms. The smallest absolute Gasteiger partial charge is 0.0781 e. The molecule has 0 radical (unpaired) electrons. The van der Waals surface area contributed by atoms with Crippen LogP contribution in [0.1, 0.15) is 110 Å². The Morgan fingerprint density at radius 3 is 1.09 bits per heavy atom. The van der Waals surface area contributed by atoms with E-state index in [0.717, 1.165) is 25.9 Å². The lowest BCUT2D eigenvalue weighted by molar-refractivity contribution is -0.861. The van der Waals surface area contributed by atoms with Crippen molar-refractivity contribution in [3.8, 4) is 0 Å².